The van der Waals surface area contributed by atoms with E-state index in [1.165, 1.54) is 6.20 Å². The maximum Gasteiger partial charge on any atom is 0.282 e. The van der Waals surface area contributed by atoms with E-state index < -0.39 is 11.7 Å². The highest BCUT2D eigenvalue weighted by Gasteiger charge is 2.16. The maximum atomic E-state index is 13.1. The number of nitrogens with zero attached hydrogens (tertiary/aromatic N) is 2. The number of ether oxygens (including phenoxy) is 1. The smallest absolute Gasteiger partial charge is 0.282 e. The number of benzene rings is 1. The zero-order valence-corrected chi connectivity index (χ0v) is 12.9. The number of amides is 1. The lowest BCUT2D eigenvalue weighted by molar-refractivity contribution is 0.102. The standard InChI is InChI=1S/C17H17FN4O2/c18-13-7-12(8-20-9-13)16(23)21-14-4-1-11(2-5-14)3-6-15-10-24-17(19)22-15/h1-2,4-5,7-9,15H,3,6,10H2,(H2,19,22)(H,21,23). The van der Waals surface area contributed by atoms with E-state index in [-0.39, 0.29) is 17.6 Å². The monoisotopic (exact) mass is 328 g/mol. The molecule has 1 aromatic heterocycles. The Labute approximate surface area is 138 Å². The van der Waals surface area contributed by atoms with Gasteiger partial charge in [0.25, 0.3) is 11.9 Å². The molecule has 0 fully saturated rings. The van der Waals surface area contributed by atoms with Crippen molar-refractivity contribution < 1.29 is 13.9 Å². The topological polar surface area (TPSA) is 89.6 Å². The largest absolute Gasteiger partial charge is 0.463 e. The highest BCUT2D eigenvalue weighted by atomic mass is 19.1. The molecule has 24 heavy (non-hydrogen) atoms. The number of aryl methyl sites for hydroxylation is 1. The van der Waals surface area contributed by atoms with Crippen LogP contribution in [0.3, 0.4) is 0 Å². The summed E-state index contributed by atoms with van der Waals surface area (Å²) >= 11 is 0. The van der Waals surface area contributed by atoms with E-state index in [0.29, 0.717) is 12.3 Å². The second-order valence-corrected chi connectivity index (χ2v) is 5.51. The molecule has 0 spiro atoms. The highest BCUT2D eigenvalue weighted by molar-refractivity contribution is 6.04. The normalized spacial score (nSPS) is 16.4. The molecule has 1 aliphatic rings. The van der Waals surface area contributed by atoms with E-state index in [4.69, 9.17) is 10.5 Å². The Hall–Kier alpha value is -2.96. The van der Waals surface area contributed by atoms with Gasteiger partial charge in [-0.25, -0.2) is 9.38 Å². The fourth-order valence-electron chi connectivity index (χ4n) is 2.41. The Morgan fingerprint density at radius 2 is 2.12 bits per heavy atom. The second-order valence-electron chi connectivity index (χ2n) is 5.51. The van der Waals surface area contributed by atoms with Gasteiger partial charge in [-0.05, 0) is 36.6 Å². The minimum Gasteiger partial charge on any atom is -0.463 e. The van der Waals surface area contributed by atoms with E-state index in [1.54, 1.807) is 0 Å². The molecule has 1 atom stereocenters. The quantitative estimate of drug-likeness (QED) is 0.880. The third kappa shape index (κ3) is 4.07. The van der Waals surface area contributed by atoms with Crippen LogP contribution in [0.25, 0.3) is 0 Å². The minimum atomic E-state index is -0.544. The van der Waals surface area contributed by atoms with Gasteiger partial charge in [-0.2, -0.15) is 0 Å². The highest BCUT2D eigenvalue weighted by Crippen LogP contribution is 2.15. The van der Waals surface area contributed by atoms with Gasteiger partial charge in [0.2, 0.25) is 0 Å². The summed E-state index contributed by atoms with van der Waals surface area (Å²) in [6, 6.07) is 8.98. The lowest BCUT2D eigenvalue weighted by atomic mass is 10.1. The first-order chi connectivity index (χ1) is 11.6. The predicted molar refractivity (Wildman–Crippen MR) is 88.3 cm³/mol. The Morgan fingerprint density at radius 3 is 2.79 bits per heavy atom. The number of hydrogen-bond donors (Lipinski definition) is 2. The number of halogens is 1. The summed E-state index contributed by atoms with van der Waals surface area (Å²) in [5, 5.41) is 2.71. The van der Waals surface area contributed by atoms with Crippen molar-refractivity contribution in [3.05, 3.63) is 59.7 Å². The summed E-state index contributed by atoms with van der Waals surface area (Å²) in [7, 11) is 0. The van der Waals surface area contributed by atoms with Crippen LogP contribution in [0.2, 0.25) is 0 Å². The number of aliphatic imine (C=N–C) groups is 1. The fraction of sp³-hybridized carbons (Fsp3) is 0.235. The van der Waals surface area contributed by atoms with Crippen molar-refractivity contribution in [2.75, 3.05) is 11.9 Å². The summed E-state index contributed by atoms with van der Waals surface area (Å²) in [6.07, 6.45) is 4.06. The van der Waals surface area contributed by atoms with E-state index >= 15 is 0 Å². The van der Waals surface area contributed by atoms with Gasteiger partial charge in [-0.3, -0.25) is 9.78 Å². The van der Waals surface area contributed by atoms with Crippen molar-refractivity contribution in [3.63, 3.8) is 0 Å². The van der Waals surface area contributed by atoms with E-state index in [9.17, 15) is 9.18 Å². The number of carbonyl (C=O) groups excluding carboxylic acids is 1. The van der Waals surface area contributed by atoms with Crippen LogP contribution in [0.5, 0.6) is 0 Å². The zero-order chi connectivity index (χ0) is 16.9. The molecule has 0 saturated carbocycles. The first-order valence-corrected chi connectivity index (χ1v) is 7.57. The van der Waals surface area contributed by atoms with Crippen molar-refractivity contribution in [1.29, 1.82) is 0 Å². The van der Waals surface area contributed by atoms with Gasteiger partial charge >= 0.3 is 0 Å². The van der Waals surface area contributed by atoms with Crippen molar-refractivity contribution in [1.82, 2.24) is 4.98 Å². The van der Waals surface area contributed by atoms with Gasteiger partial charge < -0.3 is 15.8 Å². The molecule has 1 aliphatic heterocycles. The van der Waals surface area contributed by atoms with Gasteiger partial charge in [0.1, 0.15) is 12.4 Å². The van der Waals surface area contributed by atoms with Crippen molar-refractivity contribution >= 4 is 17.6 Å². The van der Waals surface area contributed by atoms with Crippen LogP contribution in [0.15, 0.2) is 47.7 Å². The number of nitrogens with two attached hydrogens (primary N) is 1. The average molecular weight is 328 g/mol. The van der Waals surface area contributed by atoms with E-state index in [0.717, 1.165) is 30.7 Å². The lowest BCUT2D eigenvalue weighted by Crippen LogP contribution is -2.12. The number of nitrogens with one attached hydrogen (secondary N) is 1. The van der Waals surface area contributed by atoms with Crippen molar-refractivity contribution in [2.24, 2.45) is 10.7 Å². The van der Waals surface area contributed by atoms with Crippen LogP contribution in [0, 0.1) is 5.82 Å². The molecule has 0 aliphatic carbocycles. The molecule has 6 nitrogen and oxygen atoms in total. The molecule has 3 N–H and O–H groups in total. The Bertz CT molecular complexity index is 761. The molecule has 0 bridgehead atoms. The van der Waals surface area contributed by atoms with Crippen LogP contribution in [0.1, 0.15) is 22.3 Å². The number of pyridine rings is 1. The third-order valence-corrected chi connectivity index (χ3v) is 3.68. The number of hydrogen-bond acceptors (Lipinski definition) is 5. The van der Waals surface area contributed by atoms with Gasteiger partial charge in [-0.15, -0.1) is 0 Å². The molecule has 1 amide bonds. The number of amidine groups is 1. The van der Waals surface area contributed by atoms with Crippen molar-refractivity contribution in [3.8, 4) is 0 Å². The third-order valence-electron chi connectivity index (χ3n) is 3.68. The fourth-order valence-corrected chi connectivity index (χ4v) is 2.41. The molecule has 0 saturated heterocycles. The summed E-state index contributed by atoms with van der Waals surface area (Å²) in [6.45, 7) is 0.529. The van der Waals surface area contributed by atoms with Crippen LogP contribution in [0.4, 0.5) is 10.1 Å². The first-order valence-electron chi connectivity index (χ1n) is 7.57. The molecule has 1 aromatic carbocycles. The molecule has 2 aromatic rings. The Balaban J connectivity index is 1.55. The van der Waals surface area contributed by atoms with Gasteiger partial charge in [0.05, 0.1) is 17.8 Å². The zero-order valence-electron chi connectivity index (χ0n) is 12.9. The lowest BCUT2D eigenvalue weighted by Gasteiger charge is -2.08. The number of rotatable bonds is 5. The Kier molecular flexibility index (Phi) is 4.69. The van der Waals surface area contributed by atoms with Gasteiger partial charge in [0.15, 0.2) is 0 Å². The van der Waals surface area contributed by atoms with E-state index in [2.05, 4.69) is 15.3 Å². The molecule has 7 heteroatoms. The predicted octanol–water partition coefficient (Wildman–Crippen LogP) is 2.12. The number of aromatic nitrogens is 1. The molecule has 124 valence electrons. The summed E-state index contributed by atoms with van der Waals surface area (Å²) in [5.41, 5.74) is 7.42. The first kappa shape index (κ1) is 15.9. The number of anilines is 1. The van der Waals surface area contributed by atoms with Crippen LogP contribution >= 0.6 is 0 Å². The SMILES string of the molecule is NC1=NC(CCc2ccc(NC(=O)c3cncc(F)c3)cc2)CO1. The molecule has 3 rings (SSSR count). The summed E-state index contributed by atoms with van der Waals surface area (Å²) in [4.78, 5) is 19.9. The van der Waals surface area contributed by atoms with Crippen LogP contribution < -0.4 is 11.1 Å². The van der Waals surface area contributed by atoms with Crippen LogP contribution in [-0.4, -0.2) is 29.6 Å². The molecule has 1 unspecified atom stereocenters. The second kappa shape index (κ2) is 7.08. The van der Waals surface area contributed by atoms with Gasteiger partial charge in [0, 0.05) is 11.9 Å². The minimum absolute atomic E-state index is 0.102. The molecule has 0 radical (unpaired) electrons. The maximum absolute atomic E-state index is 13.1. The average Bonchev–Trinajstić information content (AvgIpc) is 3.00. The van der Waals surface area contributed by atoms with E-state index in [1.807, 2.05) is 24.3 Å². The van der Waals surface area contributed by atoms with Gasteiger partial charge in [-0.1, -0.05) is 12.1 Å². The number of carbonyl (C=O) groups is 1. The molecule has 2 heterocycles. The summed E-state index contributed by atoms with van der Waals surface area (Å²) in [5.74, 6) is -0.945. The van der Waals surface area contributed by atoms with Crippen LogP contribution in [-0.2, 0) is 11.2 Å². The summed E-state index contributed by atoms with van der Waals surface area (Å²) < 4.78 is 18.2. The molecular weight excluding hydrogens is 311 g/mol. The molecular formula is C17H17FN4O2. The Morgan fingerprint density at radius 1 is 1.33 bits per heavy atom. The van der Waals surface area contributed by atoms with Crippen molar-refractivity contribution in [2.45, 2.75) is 18.9 Å².